The second-order valence-electron chi connectivity index (χ2n) is 8.10. The summed E-state index contributed by atoms with van der Waals surface area (Å²) in [6, 6.07) is 8.25. The number of aryl methyl sites for hydroxylation is 1. The zero-order chi connectivity index (χ0) is 22.0. The van der Waals surface area contributed by atoms with Gasteiger partial charge >= 0.3 is 0 Å². The van der Waals surface area contributed by atoms with E-state index in [4.69, 9.17) is 21.0 Å². The molecular formula is C23H27N7O. The Bertz CT molecular complexity index is 1130. The summed E-state index contributed by atoms with van der Waals surface area (Å²) in [6.07, 6.45) is 10.2. The molecule has 31 heavy (non-hydrogen) atoms. The molecule has 0 saturated heterocycles. The number of benzene rings is 1. The minimum atomic E-state index is -0.354. The molecule has 8 heteroatoms. The second kappa shape index (κ2) is 8.22. The van der Waals surface area contributed by atoms with E-state index in [1.165, 1.54) is 12.6 Å². The summed E-state index contributed by atoms with van der Waals surface area (Å²) in [7, 11) is 1.86. The van der Waals surface area contributed by atoms with Gasteiger partial charge in [0, 0.05) is 31.2 Å². The highest BCUT2D eigenvalue weighted by Gasteiger charge is 2.44. The first-order valence-electron chi connectivity index (χ1n) is 10.3. The van der Waals surface area contributed by atoms with E-state index in [9.17, 15) is 0 Å². The SMILES string of the molecule is C=C(N)/N=C\C(=C/N)c1ccc(C(C)(c2noc(-c3cnn(C)c3)n2)C2CCC2)cc1. The fourth-order valence-electron chi connectivity index (χ4n) is 3.99. The summed E-state index contributed by atoms with van der Waals surface area (Å²) < 4.78 is 7.32. The van der Waals surface area contributed by atoms with E-state index >= 15 is 0 Å². The molecule has 8 nitrogen and oxygen atoms in total. The smallest absolute Gasteiger partial charge is 0.261 e. The maximum Gasteiger partial charge on any atom is 0.261 e. The van der Waals surface area contributed by atoms with Gasteiger partial charge in [-0.15, -0.1) is 0 Å². The van der Waals surface area contributed by atoms with Gasteiger partial charge in [-0.3, -0.25) is 4.68 Å². The molecule has 1 aromatic carbocycles. The highest BCUT2D eigenvalue weighted by atomic mass is 16.5. The van der Waals surface area contributed by atoms with Crippen molar-refractivity contribution in [2.75, 3.05) is 0 Å². The van der Waals surface area contributed by atoms with Gasteiger partial charge in [0.1, 0.15) is 5.82 Å². The largest absolute Gasteiger partial charge is 0.404 e. The van der Waals surface area contributed by atoms with E-state index in [1.54, 1.807) is 17.1 Å². The van der Waals surface area contributed by atoms with Crippen LogP contribution in [0, 0.1) is 5.92 Å². The van der Waals surface area contributed by atoms with Crippen LogP contribution in [-0.2, 0) is 12.5 Å². The van der Waals surface area contributed by atoms with E-state index in [-0.39, 0.29) is 11.2 Å². The second-order valence-corrected chi connectivity index (χ2v) is 8.10. The van der Waals surface area contributed by atoms with Crippen molar-refractivity contribution >= 4 is 11.8 Å². The topological polar surface area (TPSA) is 121 Å². The quantitative estimate of drug-likeness (QED) is 0.569. The Morgan fingerprint density at radius 2 is 2.06 bits per heavy atom. The molecule has 0 radical (unpaired) electrons. The zero-order valence-electron chi connectivity index (χ0n) is 17.8. The van der Waals surface area contributed by atoms with E-state index in [0.29, 0.717) is 17.6 Å². The van der Waals surface area contributed by atoms with E-state index in [0.717, 1.165) is 35.1 Å². The van der Waals surface area contributed by atoms with Crippen molar-refractivity contribution < 1.29 is 4.52 Å². The predicted octanol–water partition coefficient (Wildman–Crippen LogP) is 3.38. The summed E-state index contributed by atoms with van der Waals surface area (Å²) >= 11 is 0. The zero-order valence-corrected chi connectivity index (χ0v) is 17.8. The lowest BCUT2D eigenvalue weighted by molar-refractivity contribution is 0.199. The number of nitrogens with two attached hydrogens (primary N) is 2. The summed E-state index contributed by atoms with van der Waals surface area (Å²) in [5.74, 6) is 1.86. The van der Waals surface area contributed by atoms with Crippen LogP contribution in [0.25, 0.3) is 17.0 Å². The maximum absolute atomic E-state index is 5.78. The molecule has 1 saturated carbocycles. The van der Waals surface area contributed by atoms with Gasteiger partial charge in [0.2, 0.25) is 0 Å². The van der Waals surface area contributed by atoms with Crippen LogP contribution in [0.4, 0.5) is 0 Å². The lowest BCUT2D eigenvalue weighted by Gasteiger charge is -2.41. The molecule has 0 amide bonds. The lowest BCUT2D eigenvalue weighted by Crippen LogP contribution is -2.38. The number of aliphatic imine (C=N–C) groups is 1. The predicted molar refractivity (Wildman–Crippen MR) is 121 cm³/mol. The summed E-state index contributed by atoms with van der Waals surface area (Å²) in [4.78, 5) is 8.81. The highest BCUT2D eigenvalue weighted by molar-refractivity contribution is 6.09. The Morgan fingerprint density at radius 3 is 2.61 bits per heavy atom. The fourth-order valence-corrected chi connectivity index (χ4v) is 3.99. The standard InChI is InChI=1S/C23H27N7O/c1-15(25)26-12-17(11-24)16-7-9-20(10-8-16)23(2,19-5-4-6-19)22-28-21(31-29-22)18-13-27-30(3)14-18/h7-14,19H,1,4-6,24-25H2,2-3H3/b17-11+,26-12-. The average molecular weight is 418 g/mol. The molecule has 1 atom stereocenters. The van der Waals surface area contributed by atoms with Crippen LogP contribution >= 0.6 is 0 Å². The first-order valence-corrected chi connectivity index (χ1v) is 10.3. The first-order chi connectivity index (χ1) is 14.9. The molecule has 2 heterocycles. The Kier molecular flexibility index (Phi) is 5.46. The number of hydrogen-bond acceptors (Lipinski definition) is 7. The van der Waals surface area contributed by atoms with Crippen molar-refractivity contribution in [3.63, 3.8) is 0 Å². The van der Waals surface area contributed by atoms with Gasteiger partial charge in [0.05, 0.1) is 17.2 Å². The van der Waals surface area contributed by atoms with Gasteiger partial charge in [0.25, 0.3) is 5.89 Å². The van der Waals surface area contributed by atoms with Gasteiger partial charge < -0.3 is 16.0 Å². The molecule has 1 unspecified atom stereocenters. The molecular weight excluding hydrogens is 390 g/mol. The summed E-state index contributed by atoms with van der Waals surface area (Å²) in [5, 5.41) is 8.57. The number of hydrogen-bond donors (Lipinski definition) is 2. The number of aromatic nitrogens is 4. The van der Waals surface area contributed by atoms with Gasteiger partial charge in [0.15, 0.2) is 5.82 Å². The van der Waals surface area contributed by atoms with Crippen molar-refractivity contribution in [3.8, 4) is 11.5 Å². The molecule has 0 spiro atoms. The van der Waals surface area contributed by atoms with Crippen LogP contribution in [0.3, 0.4) is 0 Å². The average Bonchev–Trinajstić information content (AvgIpc) is 3.36. The van der Waals surface area contributed by atoms with Gasteiger partial charge in [-0.1, -0.05) is 42.4 Å². The number of allylic oxidation sites excluding steroid dienone is 1. The molecule has 2 aromatic heterocycles. The maximum atomic E-state index is 5.78. The lowest BCUT2D eigenvalue weighted by atomic mass is 9.62. The molecule has 4 N–H and O–H groups in total. The normalized spacial score (nSPS) is 16.9. The van der Waals surface area contributed by atoms with Crippen LogP contribution in [0.5, 0.6) is 0 Å². The Hall–Kier alpha value is -3.68. The first kappa shape index (κ1) is 20.6. The molecule has 3 aromatic rings. The van der Waals surface area contributed by atoms with Gasteiger partial charge in [-0.2, -0.15) is 10.1 Å². The van der Waals surface area contributed by atoms with Crippen LogP contribution in [0.15, 0.2) is 64.8 Å². The number of rotatable bonds is 7. The monoisotopic (exact) mass is 417 g/mol. The van der Waals surface area contributed by atoms with Crippen molar-refractivity contribution in [1.82, 2.24) is 19.9 Å². The fraction of sp³-hybridized carbons (Fsp3) is 0.304. The third-order valence-electron chi connectivity index (χ3n) is 6.13. The van der Waals surface area contributed by atoms with Crippen molar-refractivity contribution in [2.45, 2.75) is 31.6 Å². The molecule has 1 fully saturated rings. The molecule has 1 aliphatic carbocycles. The third-order valence-corrected chi connectivity index (χ3v) is 6.13. The van der Waals surface area contributed by atoms with Crippen molar-refractivity contribution in [3.05, 3.63) is 72.2 Å². The highest BCUT2D eigenvalue weighted by Crippen LogP contribution is 2.47. The summed E-state index contributed by atoms with van der Waals surface area (Å²) in [5.41, 5.74) is 14.6. The Labute approximate surface area is 181 Å². The minimum Gasteiger partial charge on any atom is -0.404 e. The molecule has 1 aliphatic rings. The van der Waals surface area contributed by atoms with Gasteiger partial charge in [-0.25, -0.2) is 4.99 Å². The molecule has 0 aliphatic heterocycles. The van der Waals surface area contributed by atoms with E-state index in [2.05, 4.69) is 40.9 Å². The van der Waals surface area contributed by atoms with Crippen molar-refractivity contribution in [2.24, 2.45) is 29.4 Å². The van der Waals surface area contributed by atoms with Crippen LogP contribution in [0.1, 0.15) is 43.1 Å². The Morgan fingerprint density at radius 1 is 1.32 bits per heavy atom. The number of nitrogens with zero attached hydrogens (tertiary/aromatic N) is 5. The summed E-state index contributed by atoms with van der Waals surface area (Å²) in [6.45, 7) is 5.78. The van der Waals surface area contributed by atoms with Crippen LogP contribution < -0.4 is 11.5 Å². The van der Waals surface area contributed by atoms with Crippen LogP contribution in [-0.4, -0.2) is 26.1 Å². The third kappa shape index (κ3) is 3.88. The minimum absolute atomic E-state index is 0.232. The molecule has 0 bridgehead atoms. The molecule has 160 valence electrons. The molecule has 4 rings (SSSR count). The Balaban J connectivity index is 1.68. The van der Waals surface area contributed by atoms with E-state index < -0.39 is 0 Å². The van der Waals surface area contributed by atoms with Gasteiger partial charge in [-0.05, 0) is 36.8 Å². The van der Waals surface area contributed by atoms with E-state index in [1.807, 2.05) is 25.4 Å². The van der Waals surface area contributed by atoms with Crippen molar-refractivity contribution in [1.29, 1.82) is 0 Å². The van der Waals surface area contributed by atoms with Crippen LogP contribution in [0.2, 0.25) is 0 Å².